The second-order valence-electron chi connectivity index (χ2n) is 7.22. The lowest BCUT2D eigenvalue weighted by Gasteiger charge is -2.29. The van der Waals surface area contributed by atoms with E-state index >= 15 is 0 Å². The largest absolute Gasteiger partial charge is 0.459 e. The van der Waals surface area contributed by atoms with Gasteiger partial charge in [-0.1, -0.05) is 33.6 Å². The van der Waals surface area contributed by atoms with Crippen LogP contribution in [0.25, 0.3) is 0 Å². The van der Waals surface area contributed by atoms with E-state index in [4.69, 9.17) is 9.15 Å². The standard InChI is InChI=1S/C19H28N2O5/c1-12(2)17(21-18(23)15-9-6-10-25-15)19(24)26-11-16(22)20-14-8-5-4-7-13(14)3/h6,9-10,12-14,17H,4-5,7-8,11H2,1-3H3,(H,20,22)(H,21,23)/t13-,14-,17-/m0/s1. The molecule has 1 aromatic rings. The molecule has 1 saturated carbocycles. The van der Waals surface area contributed by atoms with Crippen LogP contribution >= 0.6 is 0 Å². The molecule has 1 heterocycles. The van der Waals surface area contributed by atoms with Gasteiger partial charge in [-0.05, 0) is 36.8 Å². The van der Waals surface area contributed by atoms with Crippen LogP contribution in [0, 0.1) is 11.8 Å². The van der Waals surface area contributed by atoms with Crippen molar-refractivity contribution in [2.45, 2.75) is 58.5 Å². The van der Waals surface area contributed by atoms with E-state index in [0.717, 1.165) is 19.3 Å². The molecule has 0 aromatic carbocycles. The molecule has 2 N–H and O–H groups in total. The number of furan rings is 1. The Morgan fingerprint density at radius 2 is 2.00 bits per heavy atom. The molecule has 2 rings (SSSR count). The van der Waals surface area contributed by atoms with Crippen molar-refractivity contribution in [3.8, 4) is 0 Å². The van der Waals surface area contributed by atoms with E-state index in [-0.39, 0.29) is 30.2 Å². The van der Waals surface area contributed by atoms with E-state index in [1.54, 1.807) is 19.9 Å². The minimum absolute atomic E-state index is 0.118. The predicted molar refractivity (Wildman–Crippen MR) is 95.3 cm³/mol. The zero-order chi connectivity index (χ0) is 19.1. The molecule has 0 spiro atoms. The first-order valence-corrected chi connectivity index (χ1v) is 9.19. The van der Waals surface area contributed by atoms with Gasteiger partial charge in [0.25, 0.3) is 11.8 Å². The van der Waals surface area contributed by atoms with Crippen LogP contribution < -0.4 is 10.6 Å². The lowest BCUT2D eigenvalue weighted by atomic mass is 9.86. The fraction of sp³-hybridized carbons (Fsp3) is 0.632. The van der Waals surface area contributed by atoms with Crippen LogP contribution in [0.2, 0.25) is 0 Å². The molecule has 1 aliphatic carbocycles. The number of nitrogens with one attached hydrogen (secondary N) is 2. The molecule has 7 heteroatoms. The van der Waals surface area contributed by atoms with Crippen molar-refractivity contribution in [1.29, 1.82) is 0 Å². The van der Waals surface area contributed by atoms with Crippen LogP contribution in [0.5, 0.6) is 0 Å². The zero-order valence-electron chi connectivity index (χ0n) is 15.6. The summed E-state index contributed by atoms with van der Waals surface area (Å²) in [5, 5.41) is 5.53. The SMILES string of the molecule is CC(C)[C@H](NC(=O)c1ccco1)C(=O)OCC(=O)N[C@H]1CCCC[C@@H]1C. The second-order valence-corrected chi connectivity index (χ2v) is 7.22. The van der Waals surface area contributed by atoms with Crippen molar-refractivity contribution in [2.75, 3.05) is 6.61 Å². The Balaban J connectivity index is 1.83. The molecule has 1 fully saturated rings. The fourth-order valence-electron chi connectivity index (χ4n) is 3.12. The lowest BCUT2D eigenvalue weighted by Crippen LogP contribution is -2.47. The van der Waals surface area contributed by atoms with Gasteiger partial charge in [0.1, 0.15) is 6.04 Å². The van der Waals surface area contributed by atoms with Gasteiger partial charge in [-0.15, -0.1) is 0 Å². The van der Waals surface area contributed by atoms with Crippen LogP contribution in [-0.4, -0.2) is 36.5 Å². The van der Waals surface area contributed by atoms with Gasteiger partial charge in [0.05, 0.1) is 6.26 Å². The van der Waals surface area contributed by atoms with Gasteiger partial charge < -0.3 is 19.8 Å². The van der Waals surface area contributed by atoms with Gasteiger partial charge in [0.15, 0.2) is 12.4 Å². The maximum atomic E-state index is 12.3. The maximum absolute atomic E-state index is 12.3. The molecule has 0 aliphatic heterocycles. The summed E-state index contributed by atoms with van der Waals surface area (Å²) >= 11 is 0. The van der Waals surface area contributed by atoms with Crippen LogP contribution in [-0.2, 0) is 14.3 Å². The van der Waals surface area contributed by atoms with Gasteiger partial charge in [-0.2, -0.15) is 0 Å². The number of hydrogen-bond donors (Lipinski definition) is 2. The average Bonchev–Trinajstić information content (AvgIpc) is 3.14. The molecule has 0 unspecified atom stereocenters. The zero-order valence-corrected chi connectivity index (χ0v) is 15.6. The van der Waals surface area contributed by atoms with E-state index in [1.807, 2.05) is 0 Å². The van der Waals surface area contributed by atoms with Gasteiger partial charge >= 0.3 is 5.97 Å². The van der Waals surface area contributed by atoms with Crippen molar-refractivity contribution in [3.63, 3.8) is 0 Å². The molecule has 0 radical (unpaired) electrons. The molecule has 2 amide bonds. The molecule has 1 aliphatic rings. The Kier molecular flexibility index (Phi) is 7.24. The quantitative estimate of drug-likeness (QED) is 0.723. The highest BCUT2D eigenvalue weighted by Gasteiger charge is 2.28. The predicted octanol–water partition coefficient (Wildman–Crippen LogP) is 2.27. The Bertz CT molecular complexity index is 611. The molecule has 26 heavy (non-hydrogen) atoms. The van der Waals surface area contributed by atoms with Crippen molar-refractivity contribution in [1.82, 2.24) is 10.6 Å². The summed E-state index contributed by atoms with van der Waals surface area (Å²) in [5.74, 6) is -1.08. The van der Waals surface area contributed by atoms with Crippen molar-refractivity contribution >= 4 is 17.8 Å². The average molecular weight is 364 g/mol. The van der Waals surface area contributed by atoms with E-state index in [0.29, 0.717) is 5.92 Å². The molecule has 3 atom stereocenters. The Labute approximate surface area is 153 Å². The normalized spacial score (nSPS) is 21.1. The molecule has 144 valence electrons. The van der Waals surface area contributed by atoms with Crippen molar-refractivity contribution in [2.24, 2.45) is 11.8 Å². The Hall–Kier alpha value is -2.31. The summed E-state index contributed by atoms with van der Waals surface area (Å²) in [7, 11) is 0. The summed E-state index contributed by atoms with van der Waals surface area (Å²) in [6.07, 6.45) is 5.72. The summed E-state index contributed by atoms with van der Waals surface area (Å²) in [6, 6.07) is 2.38. The first kappa shape index (κ1) is 20.0. The fourth-order valence-corrected chi connectivity index (χ4v) is 3.12. The number of ether oxygens (including phenoxy) is 1. The van der Waals surface area contributed by atoms with Crippen LogP contribution in [0.15, 0.2) is 22.8 Å². The van der Waals surface area contributed by atoms with E-state index in [2.05, 4.69) is 17.6 Å². The number of carbonyl (C=O) groups is 3. The van der Waals surface area contributed by atoms with Crippen LogP contribution in [0.1, 0.15) is 57.0 Å². The highest BCUT2D eigenvalue weighted by molar-refractivity contribution is 5.94. The van der Waals surface area contributed by atoms with Gasteiger partial charge in [0.2, 0.25) is 0 Å². The van der Waals surface area contributed by atoms with Crippen LogP contribution in [0.4, 0.5) is 0 Å². The first-order chi connectivity index (χ1) is 12.4. The number of carbonyl (C=O) groups excluding carboxylic acids is 3. The number of amides is 2. The van der Waals surface area contributed by atoms with Gasteiger partial charge in [-0.25, -0.2) is 4.79 Å². The number of rotatable bonds is 7. The Morgan fingerprint density at radius 1 is 1.27 bits per heavy atom. The molecule has 0 bridgehead atoms. The summed E-state index contributed by atoms with van der Waals surface area (Å²) < 4.78 is 10.1. The summed E-state index contributed by atoms with van der Waals surface area (Å²) in [4.78, 5) is 36.4. The third kappa shape index (κ3) is 5.61. The molecular weight excluding hydrogens is 336 g/mol. The minimum atomic E-state index is -0.853. The summed E-state index contributed by atoms with van der Waals surface area (Å²) in [5.41, 5.74) is 0. The van der Waals surface area contributed by atoms with E-state index in [9.17, 15) is 14.4 Å². The van der Waals surface area contributed by atoms with Crippen LogP contribution in [0.3, 0.4) is 0 Å². The third-order valence-electron chi connectivity index (χ3n) is 4.76. The van der Waals surface area contributed by atoms with Gasteiger partial charge in [0, 0.05) is 6.04 Å². The number of esters is 1. The highest BCUT2D eigenvalue weighted by atomic mass is 16.5. The molecule has 0 saturated heterocycles. The maximum Gasteiger partial charge on any atom is 0.329 e. The molecule has 7 nitrogen and oxygen atoms in total. The van der Waals surface area contributed by atoms with Gasteiger partial charge in [-0.3, -0.25) is 9.59 Å². The Morgan fingerprint density at radius 3 is 2.62 bits per heavy atom. The smallest absolute Gasteiger partial charge is 0.329 e. The summed E-state index contributed by atoms with van der Waals surface area (Å²) in [6.45, 7) is 5.35. The molecule has 1 aromatic heterocycles. The molecular formula is C19H28N2O5. The second kappa shape index (κ2) is 9.40. The van der Waals surface area contributed by atoms with Crippen molar-refractivity contribution < 1.29 is 23.5 Å². The third-order valence-corrected chi connectivity index (χ3v) is 4.76. The first-order valence-electron chi connectivity index (χ1n) is 9.19. The number of hydrogen-bond acceptors (Lipinski definition) is 5. The van der Waals surface area contributed by atoms with E-state index < -0.39 is 17.9 Å². The minimum Gasteiger partial charge on any atom is -0.459 e. The van der Waals surface area contributed by atoms with Crippen molar-refractivity contribution in [3.05, 3.63) is 24.2 Å². The highest BCUT2D eigenvalue weighted by Crippen LogP contribution is 2.23. The van der Waals surface area contributed by atoms with E-state index in [1.165, 1.54) is 18.8 Å². The topological polar surface area (TPSA) is 97.6 Å². The monoisotopic (exact) mass is 364 g/mol. The lowest BCUT2D eigenvalue weighted by molar-refractivity contribution is -0.151.